The quantitative estimate of drug-likeness (QED) is 0.863. The van der Waals surface area contributed by atoms with Gasteiger partial charge in [-0.05, 0) is 37.1 Å². The van der Waals surface area contributed by atoms with Crippen molar-refractivity contribution in [3.8, 4) is 0 Å². The van der Waals surface area contributed by atoms with Crippen LogP contribution >= 0.6 is 0 Å². The number of piperazine rings is 1. The highest BCUT2D eigenvalue weighted by Gasteiger charge is 2.26. The van der Waals surface area contributed by atoms with Crippen LogP contribution in [0.5, 0.6) is 0 Å². The molecule has 1 atom stereocenters. The van der Waals surface area contributed by atoms with Gasteiger partial charge in [0.1, 0.15) is 11.9 Å². The van der Waals surface area contributed by atoms with Gasteiger partial charge >= 0.3 is 0 Å². The van der Waals surface area contributed by atoms with Crippen LogP contribution in [-0.4, -0.2) is 51.7 Å². The lowest BCUT2D eigenvalue weighted by Gasteiger charge is -2.36. The third-order valence-corrected chi connectivity index (χ3v) is 4.46. The van der Waals surface area contributed by atoms with Crippen molar-refractivity contribution in [2.75, 3.05) is 26.2 Å². The fourth-order valence-electron chi connectivity index (χ4n) is 3.04. The van der Waals surface area contributed by atoms with Crippen LogP contribution in [0.15, 0.2) is 36.7 Å². The Morgan fingerprint density at radius 2 is 2.04 bits per heavy atom. The van der Waals surface area contributed by atoms with Crippen molar-refractivity contribution in [3.05, 3.63) is 53.6 Å². The summed E-state index contributed by atoms with van der Waals surface area (Å²) >= 11 is 0. The Labute approximate surface area is 141 Å². The van der Waals surface area contributed by atoms with E-state index in [2.05, 4.69) is 10.00 Å². The zero-order valence-corrected chi connectivity index (χ0v) is 14.2. The molecule has 6 heteroatoms. The topological polar surface area (TPSA) is 41.4 Å². The van der Waals surface area contributed by atoms with E-state index in [-0.39, 0.29) is 17.8 Å². The summed E-state index contributed by atoms with van der Waals surface area (Å²) in [4.78, 5) is 16.8. The molecule has 1 unspecified atom stereocenters. The summed E-state index contributed by atoms with van der Waals surface area (Å²) in [5, 5.41) is 4.23. The largest absolute Gasteiger partial charge is 0.338 e. The standard InChI is InChI=1S/C18H23FN4O/c1-14-11-20-23(12-14)15(2)18(24)22-8-6-21(7-9-22)13-16-4-3-5-17(19)10-16/h3-5,10-12,15H,6-9,13H2,1-2H3. The van der Waals surface area contributed by atoms with Crippen molar-refractivity contribution >= 4 is 5.91 Å². The number of carbonyl (C=O) groups excluding carboxylic acids is 1. The number of carbonyl (C=O) groups is 1. The molecule has 2 heterocycles. The molecule has 24 heavy (non-hydrogen) atoms. The van der Waals surface area contributed by atoms with Gasteiger partial charge in [-0.15, -0.1) is 0 Å². The minimum Gasteiger partial charge on any atom is -0.338 e. The molecule has 1 aliphatic rings. The van der Waals surface area contributed by atoms with Gasteiger partial charge in [-0.2, -0.15) is 5.10 Å². The highest BCUT2D eigenvalue weighted by molar-refractivity contribution is 5.80. The fourth-order valence-corrected chi connectivity index (χ4v) is 3.04. The van der Waals surface area contributed by atoms with Crippen LogP contribution in [-0.2, 0) is 11.3 Å². The lowest BCUT2D eigenvalue weighted by molar-refractivity contribution is -0.136. The summed E-state index contributed by atoms with van der Waals surface area (Å²) in [7, 11) is 0. The molecule has 128 valence electrons. The van der Waals surface area contributed by atoms with E-state index in [0.29, 0.717) is 19.6 Å². The summed E-state index contributed by atoms with van der Waals surface area (Å²) in [5.74, 6) is -0.104. The second kappa shape index (κ2) is 7.13. The Kier molecular flexibility index (Phi) is 4.94. The SMILES string of the molecule is Cc1cnn(C(C)C(=O)N2CCN(Cc3cccc(F)c3)CC2)c1. The van der Waals surface area contributed by atoms with Crippen LogP contribution in [0.3, 0.4) is 0 Å². The van der Waals surface area contributed by atoms with Crippen molar-refractivity contribution in [1.29, 1.82) is 0 Å². The molecule has 1 saturated heterocycles. The minimum atomic E-state index is -0.284. The van der Waals surface area contributed by atoms with Crippen LogP contribution in [0.2, 0.25) is 0 Å². The molecular formula is C18H23FN4O. The van der Waals surface area contributed by atoms with E-state index >= 15 is 0 Å². The second-order valence-electron chi connectivity index (χ2n) is 6.41. The molecule has 1 aromatic heterocycles. The Hall–Kier alpha value is -2.21. The van der Waals surface area contributed by atoms with E-state index in [4.69, 9.17) is 0 Å². The maximum Gasteiger partial charge on any atom is 0.247 e. The Balaban J connectivity index is 1.53. The van der Waals surface area contributed by atoms with Crippen LogP contribution < -0.4 is 0 Å². The predicted octanol–water partition coefficient (Wildman–Crippen LogP) is 2.24. The summed E-state index contributed by atoms with van der Waals surface area (Å²) in [6.45, 7) is 7.55. The normalized spacial score (nSPS) is 17.0. The molecule has 3 rings (SSSR count). The van der Waals surface area contributed by atoms with Crippen molar-refractivity contribution < 1.29 is 9.18 Å². The smallest absolute Gasteiger partial charge is 0.247 e. The first kappa shape index (κ1) is 16.6. The van der Waals surface area contributed by atoms with Crippen LogP contribution in [0, 0.1) is 12.7 Å². The molecule has 1 aromatic carbocycles. The average molecular weight is 330 g/mol. The minimum absolute atomic E-state index is 0.100. The van der Waals surface area contributed by atoms with Gasteiger partial charge in [0.2, 0.25) is 5.91 Å². The lowest BCUT2D eigenvalue weighted by Crippen LogP contribution is -2.49. The monoisotopic (exact) mass is 330 g/mol. The van der Waals surface area contributed by atoms with Gasteiger partial charge in [-0.25, -0.2) is 4.39 Å². The third kappa shape index (κ3) is 3.82. The maximum absolute atomic E-state index is 13.3. The van der Waals surface area contributed by atoms with Gasteiger partial charge in [0, 0.05) is 38.9 Å². The molecular weight excluding hydrogens is 307 g/mol. The molecule has 2 aromatic rings. The van der Waals surface area contributed by atoms with Gasteiger partial charge in [-0.1, -0.05) is 12.1 Å². The molecule has 0 N–H and O–H groups in total. The molecule has 1 amide bonds. The molecule has 0 saturated carbocycles. The molecule has 0 radical (unpaired) electrons. The second-order valence-corrected chi connectivity index (χ2v) is 6.41. The predicted molar refractivity (Wildman–Crippen MR) is 89.9 cm³/mol. The Morgan fingerprint density at radius 3 is 2.67 bits per heavy atom. The number of nitrogens with zero attached hydrogens (tertiary/aromatic N) is 4. The number of aryl methyl sites for hydroxylation is 1. The van der Waals surface area contributed by atoms with Crippen molar-refractivity contribution in [3.63, 3.8) is 0 Å². The summed E-state index contributed by atoms with van der Waals surface area (Å²) in [6, 6.07) is 6.41. The molecule has 0 bridgehead atoms. The van der Waals surface area contributed by atoms with E-state index in [1.165, 1.54) is 6.07 Å². The number of benzene rings is 1. The summed E-state index contributed by atoms with van der Waals surface area (Å²) in [6.07, 6.45) is 3.66. The highest BCUT2D eigenvalue weighted by atomic mass is 19.1. The number of hydrogen-bond donors (Lipinski definition) is 0. The molecule has 0 spiro atoms. The number of aromatic nitrogens is 2. The van der Waals surface area contributed by atoms with Crippen molar-refractivity contribution in [1.82, 2.24) is 19.6 Å². The van der Waals surface area contributed by atoms with E-state index in [1.54, 1.807) is 23.0 Å². The average Bonchev–Trinajstić information content (AvgIpc) is 3.01. The van der Waals surface area contributed by atoms with Gasteiger partial charge in [0.25, 0.3) is 0 Å². The third-order valence-electron chi connectivity index (χ3n) is 4.46. The zero-order valence-electron chi connectivity index (χ0n) is 14.2. The van der Waals surface area contributed by atoms with Gasteiger partial charge in [0.05, 0.1) is 6.20 Å². The fraction of sp³-hybridized carbons (Fsp3) is 0.444. The first-order valence-electron chi connectivity index (χ1n) is 8.29. The van der Waals surface area contributed by atoms with E-state index < -0.39 is 0 Å². The van der Waals surface area contributed by atoms with Crippen molar-refractivity contribution in [2.45, 2.75) is 26.4 Å². The van der Waals surface area contributed by atoms with E-state index in [9.17, 15) is 9.18 Å². The van der Waals surface area contributed by atoms with Crippen molar-refractivity contribution in [2.24, 2.45) is 0 Å². The number of hydrogen-bond acceptors (Lipinski definition) is 3. The van der Waals surface area contributed by atoms with Gasteiger partial charge in [0.15, 0.2) is 0 Å². The van der Waals surface area contributed by atoms with Crippen LogP contribution in [0.25, 0.3) is 0 Å². The number of halogens is 1. The zero-order chi connectivity index (χ0) is 17.1. The Morgan fingerprint density at radius 1 is 1.29 bits per heavy atom. The van der Waals surface area contributed by atoms with Crippen LogP contribution in [0.1, 0.15) is 24.1 Å². The first-order valence-corrected chi connectivity index (χ1v) is 8.29. The highest BCUT2D eigenvalue weighted by Crippen LogP contribution is 2.14. The van der Waals surface area contributed by atoms with E-state index in [1.807, 2.05) is 31.0 Å². The van der Waals surface area contributed by atoms with Gasteiger partial charge < -0.3 is 4.90 Å². The number of amides is 1. The summed E-state index contributed by atoms with van der Waals surface area (Å²) in [5.41, 5.74) is 2.02. The van der Waals surface area contributed by atoms with Crippen LogP contribution in [0.4, 0.5) is 4.39 Å². The molecule has 1 fully saturated rings. The summed E-state index contributed by atoms with van der Waals surface area (Å²) < 4.78 is 15.0. The molecule has 1 aliphatic heterocycles. The maximum atomic E-state index is 13.3. The molecule has 0 aliphatic carbocycles. The Bertz CT molecular complexity index is 707. The first-order chi connectivity index (χ1) is 11.5. The van der Waals surface area contributed by atoms with E-state index in [0.717, 1.165) is 24.2 Å². The van der Waals surface area contributed by atoms with Gasteiger partial charge in [-0.3, -0.25) is 14.4 Å². The molecule has 5 nitrogen and oxygen atoms in total. The number of rotatable bonds is 4. The lowest BCUT2D eigenvalue weighted by atomic mass is 10.2.